The monoisotopic (exact) mass is 256 g/mol. The van der Waals surface area contributed by atoms with Crippen molar-refractivity contribution in [1.29, 1.82) is 0 Å². The molecule has 0 saturated heterocycles. The van der Waals surface area contributed by atoms with Crippen molar-refractivity contribution in [1.82, 2.24) is 0 Å². The Morgan fingerprint density at radius 2 is 1.31 bits per heavy atom. The van der Waals surface area contributed by atoms with Crippen LogP contribution in [-0.2, 0) is 13.3 Å². The summed E-state index contributed by atoms with van der Waals surface area (Å²) in [7, 11) is 0.741. The lowest BCUT2D eigenvalue weighted by atomic mass is 10.4. The number of rotatable bonds is 5. The maximum Gasteiger partial charge on any atom is 0.351 e. The molecular weight excluding hydrogens is 236 g/mol. The molecule has 0 aliphatic rings. The highest BCUT2D eigenvalue weighted by Crippen LogP contribution is 2.21. The van der Waals surface area contributed by atoms with Gasteiger partial charge < -0.3 is 13.3 Å². The third-order valence-electron chi connectivity index (χ3n) is 3.38. The molecule has 0 radical (unpaired) electrons. The maximum absolute atomic E-state index is 5.82. The summed E-state index contributed by atoms with van der Waals surface area (Å²) in [5, 5.41) is 1.22. The van der Waals surface area contributed by atoms with Crippen LogP contribution in [0.3, 0.4) is 0 Å². The molecule has 1 rings (SSSR count). The molecular formula is C11H20O3Si2. The van der Waals surface area contributed by atoms with E-state index in [0.717, 1.165) is 0 Å². The summed E-state index contributed by atoms with van der Waals surface area (Å²) in [6.07, 6.45) is 0. The molecule has 16 heavy (non-hydrogen) atoms. The van der Waals surface area contributed by atoms with Crippen LogP contribution in [0.1, 0.15) is 0 Å². The smallest absolute Gasteiger partial charge is 0.351 e. The van der Waals surface area contributed by atoms with Crippen molar-refractivity contribution in [2.75, 3.05) is 21.3 Å². The molecule has 0 spiro atoms. The van der Waals surface area contributed by atoms with Gasteiger partial charge in [0, 0.05) is 21.3 Å². The highest BCUT2D eigenvalue weighted by atomic mass is 29.3. The molecule has 0 aliphatic heterocycles. The van der Waals surface area contributed by atoms with Gasteiger partial charge in [-0.2, -0.15) is 0 Å². The molecule has 5 heteroatoms. The van der Waals surface area contributed by atoms with E-state index in [0.29, 0.717) is 0 Å². The lowest BCUT2D eigenvalue weighted by Crippen LogP contribution is -2.70. The second kappa shape index (κ2) is 5.24. The Morgan fingerprint density at radius 1 is 0.812 bits per heavy atom. The van der Waals surface area contributed by atoms with Gasteiger partial charge in [-0.1, -0.05) is 30.3 Å². The largest absolute Gasteiger partial charge is 0.413 e. The average molecular weight is 256 g/mol. The molecule has 0 amide bonds. The van der Waals surface area contributed by atoms with Crippen molar-refractivity contribution in [3.63, 3.8) is 0 Å². The quantitative estimate of drug-likeness (QED) is 0.748. The number of hydrogen-bond acceptors (Lipinski definition) is 3. The summed E-state index contributed by atoms with van der Waals surface area (Å²) in [6, 6.07) is 10.3. The van der Waals surface area contributed by atoms with Crippen molar-refractivity contribution in [2.45, 2.75) is 13.1 Å². The molecule has 90 valence electrons. The molecule has 1 atom stereocenters. The van der Waals surface area contributed by atoms with Crippen molar-refractivity contribution < 1.29 is 13.3 Å². The van der Waals surface area contributed by atoms with E-state index in [4.69, 9.17) is 13.3 Å². The zero-order chi connectivity index (χ0) is 12.2. The molecule has 0 N–H and O–H groups in total. The minimum atomic E-state index is -2.28. The molecule has 1 unspecified atom stereocenters. The van der Waals surface area contributed by atoms with E-state index in [1.165, 1.54) is 5.19 Å². The van der Waals surface area contributed by atoms with Crippen LogP contribution in [0.4, 0.5) is 0 Å². The van der Waals surface area contributed by atoms with Gasteiger partial charge in [-0.3, -0.25) is 0 Å². The molecule has 0 aromatic heterocycles. The van der Waals surface area contributed by atoms with Gasteiger partial charge in [-0.05, 0) is 18.3 Å². The Hall–Kier alpha value is -0.466. The van der Waals surface area contributed by atoms with E-state index in [2.05, 4.69) is 25.2 Å². The Balaban J connectivity index is 3.21. The van der Waals surface area contributed by atoms with E-state index in [9.17, 15) is 0 Å². The molecule has 1 aromatic carbocycles. The van der Waals surface area contributed by atoms with Gasteiger partial charge in [0.1, 0.15) is 0 Å². The van der Waals surface area contributed by atoms with Gasteiger partial charge in [0.05, 0.1) is 0 Å². The third kappa shape index (κ3) is 2.14. The minimum Gasteiger partial charge on any atom is -0.413 e. The van der Waals surface area contributed by atoms with Gasteiger partial charge in [0.15, 0.2) is 0 Å². The van der Waals surface area contributed by atoms with E-state index in [1.807, 2.05) is 18.2 Å². The summed E-state index contributed by atoms with van der Waals surface area (Å²) < 4.78 is 17.1. The fourth-order valence-corrected chi connectivity index (χ4v) is 10.2. The summed E-state index contributed by atoms with van der Waals surface area (Å²) in [6.45, 7) is 4.22. The third-order valence-corrected chi connectivity index (χ3v) is 16.8. The average Bonchev–Trinajstić information content (AvgIpc) is 2.37. The SMILES string of the molecule is CO[Si](C)(OC)[Si](C)(OC)c1ccccc1. The van der Waals surface area contributed by atoms with Crippen LogP contribution in [0.25, 0.3) is 0 Å². The molecule has 0 aliphatic carbocycles. The van der Waals surface area contributed by atoms with E-state index < -0.39 is 15.9 Å². The number of benzene rings is 1. The Bertz CT molecular complexity index is 327. The topological polar surface area (TPSA) is 27.7 Å². The maximum atomic E-state index is 5.82. The number of hydrogen-bond donors (Lipinski definition) is 0. The first kappa shape index (κ1) is 13.6. The van der Waals surface area contributed by atoms with Crippen LogP contribution in [0.15, 0.2) is 30.3 Å². The summed E-state index contributed by atoms with van der Waals surface area (Å²) in [5.41, 5.74) is 0. The first-order valence-electron chi connectivity index (χ1n) is 5.25. The van der Waals surface area contributed by atoms with Gasteiger partial charge in [0.25, 0.3) is 7.83 Å². The van der Waals surface area contributed by atoms with Crippen LogP contribution in [0.2, 0.25) is 13.1 Å². The minimum absolute atomic E-state index is 1.22. The Kier molecular flexibility index (Phi) is 4.46. The van der Waals surface area contributed by atoms with Crippen LogP contribution in [-0.4, -0.2) is 37.2 Å². The van der Waals surface area contributed by atoms with Crippen molar-refractivity contribution >= 4 is 21.1 Å². The first-order chi connectivity index (χ1) is 7.54. The Morgan fingerprint density at radius 3 is 1.69 bits per heavy atom. The predicted octanol–water partition coefficient (Wildman–Crippen LogP) is 1.56. The van der Waals surface area contributed by atoms with Crippen LogP contribution in [0, 0.1) is 0 Å². The summed E-state index contributed by atoms with van der Waals surface area (Å²) in [5.74, 6) is 0. The van der Waals surface area contributed by atoms with Crippen LogP contribution >= 0.6 is 0 Å². The second-order valence-electron chi connectivity index (χ2n) is 3.96. The predicted molar refractivity (Wildman–Crippen MR) is 70.3 cm³/mol. The standard InChI is InChI=1S/C11H20O3Si2/c1-12-15(4,16(5,13-2)14-3)11-9-7-6-8-10-11/h6-10H,1-5H3. The van der Waals surface area contributed by atoms with Gasteiger partial charge in [-0.25, -0.2) is 0 Å². The van der Waals surface area contributed by atoms with E-state index >= 15 is 0 Å². The van der Waals surface area contributed by atoms with E-state index in [1.54, 1.807) is 21.3 Å². The second-order valence-corrected chi connectivity index (χ2v) is 15.3. The lowest BCUT2D eigenvalue weighted by molar-refractivity contribution is 0.257. The van der Waals surface area contributed by atoms with Crippen LogP contribution in [0.5, 0.6) is 0 Å². The van der Waals surface area contributed by atoms with E-state index in [-0.39, 0.29) is 0 Å². The fraction of sp³-hybridized carbons (Fsp3) is 0.455. The van der Waals surface area contributed by atoms with Gasteiger partial charge in [0.2, 0.25) is 0 Å². The Labute approximate surface area is 99.5 Å². The molecule has 0 heterocycles. The first-order valence-corrected chi connectivity index (χ1v) is 11.0. The van der Waals surface area contributed by atoms with Gasteiger partial charge in [-0.15, -0.1) is 0 Å². The summed E-state index contributed by atoms with van der Waals surface area (Å²) in [4.78, 5) is 0. The summed E-state index contributed by atoms with van der Waals surface area (Å²) >= 11 is 0. The molecule has 3 nitrogen and oxygen atoms in total. The molecule has 0 saturated carbocycles. The normalized spacial score (nSPS) is 15.8. The fourth-order valence-electron chi connectivity index (χ4n) is 1.79. The molecule has 0 fully saturated rings. The highest BCUT2D eigenvalue weighted by Gasteiger charge is 2.55. The lowest BCUT2D eigenvalue weighted by Gasteiger charge is -2.38. The van der Waals surface area contributed by atoms with Crippen molar-refractivity contribution in [2.24, 2.45) is 0 Å². The molecule has 1 aromatic rings. The zero-order valence-corrected chi connectivity index (χ0v) is 12.6. The van der Waals surface area contributed by atoms with Crippen molar-refractivity contribution in [3.8, 4) is 0 Å². The van der Waals surface area contributed by atoms with Gasteiger partial charge >= 0.3 is 8.08 Å². The highest BCUT2D eigenvalue weighted by molar-refractivity contribution is 7.39. The zero-order valence-electron chi connectivity index (χ0n) is 10.6. The van der Waals surface area contributed by atoms with Crippen molar-refractivity contribution in [3.05, 3.63) is 30.3 Å². The molecule has 0 bridgehead atoms. The van der Waals surface area contributed by atoms with Crippen LogP contribution < -0.4 is 5.19 Å².